The SMILES string of the molecule is CCCc1ccccc1C(=O)N(CCC(=O)O)Cc1ccccc1C(F)(F)F. The van der Waals surface area contributed by atoms with E-state index in [9.17, 15) is 22.8 Å². The van der Waals surface area contributed by atoms with Crippen molar-refractivity contribution < 1.29 is 27.9 Å². The number of aryl methyl sites for hydroxylation is 1. The molecule has 1 amide bonds. The number of alkyl halides is 3. The quantitative estimate of drug-likeness (QED) is 0.703. The van der Waals surface area contributed by atoms with Gasteiger partial charge in [0.1, 0.15) is 0 Å². The largest absolute Gasteiger partial charge is 0.481 e. The first-order chi connectivity index (χ1) is 13.2. The molecule has 2 aromatic carbocycles. The van der Waals surface area contributed by atoms with Crippen molar-refractivity contribution in [1.82, 2.24) is 4.90 Å². The van der Waals surface area contributed by atoms with E-state index in [-0.39, 0.29) is 25.1 Å². The summed E-state index contributed by atoms with van der Waals surface area (Å²) in [6.07, 6.45) is -3.46. The molecule has 150 valence electrons. The molecule has 0 unspecified atom stereocenters. The second kappa shape index (κ2) is 9.39. The summed E-state index contributed by atoms with van der Waals surface area (Å²) in [4.78, 5) is 25.2. The predicted octanol–water partition coefficient (Wildman–Crippen LogP) is 4.78. The summed E-state index contributed by atoms with van der Waals surface area (Å²) in [5, 5.41) is 8.99. The Labute approximate surface area is 161 Å². The van der Waals surface area contributed by atoms with Crippen molar-refractivity contribution in [3.05, 3.63) is 70.8 Å². The lowest BCUT2D eigenvalue weighted by atomic mass is 10.0. The van der Waals surface area contributed by atoms with Crippen LogP contribution < -0.4 is 0 Å². The second-order valence-electron chi connectivity index (χ2n) is 6.43. The number of carboxylic acid groups (broad SMARTS) is 1. The number of carbonyl (C=O) groups is 2. The van der Waals surface area contributed by atoms with Gasteiger partial charge in [-0.25, -0.2) is 0 Å². The molecule has 0 atom stereocenters. The first-order valence-corrected chi connectivity index (χ1v) is 8.98. The summed E-state index contributed by atoms with van der Waals surface area (Å²) in [7, 11) is 0. The summed E-state index contributed by atoms with van der Waals surface area (Å²) >= 11 is 0. The van der Waals surface area contributed by atoms with Gasteiger partial charge in [-0.05, 0) is 29.7 Å². The van der Waals surface area contributed by atoms with E-state index in [2.05, 4.69) is 0 Å². The Kier molecular flexibility index (Phi) is 7.20. The van der Waals surface area contributed by atoms with Gasteiger partial charge in [0.2, 0.25) is 0 Å². The molecule has 0 aliphatic rings. The number of amides is 1. The van der Waals surface area contributed by atoms with Crippen LogP contribution in [0.3, 0.4) is 0 Å². The standard InChI is InChI=1S/C21H22F3NO3/c1-2-7-15-8-3-5-10-17(15)20(28)25(13-12-19(26)27)14-16-9-4-6-11-18(16)21(22,23)24/h3-6,8-11H,2,7,12-14H2,1H3,(H,26,27). The molecule has 0 saturated carbocycles. The number of hydrogen-bond donors (Lipinski definition) is 1. The molecule has 0 saturated heterocycles. The fourth-order valence-electron chi connectivity index (χ4n) is 3.01. The van der Waals surface area contributed by atoms with Crippen LogP contribution in [0, 0.1) is 0 Å². The van der Waals surface area contributed by atoms with Gasteiger partial charge in [0, 0.05) is 18.7 Å². The van der Waals surface area contributed by atoms with Crippen molar-refractivity contribution in [3.8, 4) is 0 Å². The number of carboxylic acids is 1. The smallest absolute Gasteiger partial charge is 0.416 e. The highest BCUT2D eigenvalue weighted by Crippen LogP contribution is 2.32. The minimum atomic E-state index is -4.56. The first kappa shape index (κ1) is 21.5. The predicted molar refractivity (Wildman–Crippen MR) is 98.9 cm³/mol. The van der Waals surface area contributed by atoms with Gasteiger partial charge in [-0.15, -0.1) is 0 Å². The van der Waals surface area contributed by atoms with Crippen molar-refractivity contribution in [2.45, 2.75) is 38.9 Å². The molecule has 0 aliphatic heterocycles. The van der Waals surface area contributed by atoms with Gasteiger partial charge in [0.25, 0.3) is 5.91 Å². The maximum absolute atomic E-state index is 13.3. The summed E-state index contributed by atoms with van der Waals surface area (Å²) in [6, 6.07) is 11.9. The summed E-state index contributed by atoms with van der Waals surface area (Å²) in [5.41, 5.74) is 0.283. The van der Waals surface area contributed by atoms with Gasteiger partial charge in [0.15, 0.2) is 0 Å². The maximum atomic E-state index is 13.3. The summed E-state index contributed by atoms with van der Waals surface area (Å²) in [5.74, 6) is -1.59. The molecule has 0 radical (unpaired) electrons. The second-order valence-corrected chi connectivity index (χ2v) is 6.43. The lowest BCUT2D eigenvalue weighted by Crippen LogP contribution is -2.34. The van der Waals surface area contributed by atoms with E-state index in [1.165, 1.54) is 23.1 Å². The molecule has 0 spiro atoms. The topological polar surface area (TPSA) is 57.6 Å². The van der Waals surface area contributed by atoms with Crippen molar-refractivity contribution >= 4 is 11.9 Å². The van der Waals surface area contributed by atoms with Crippen LogP contribution in [0.4, 0.5) is 13.2 Å². The van der Waals surface area contributed by atoms with E-state index in [4.69, 9.17) is 5.11 Å². The number of carbonyl (C=O) groups excluding carboxylic acids is 1. The van der Waals surface area contributed by atoms with E-state index >= 15 is 0 Å². The lowest BCUT2D eigenvalue weighted by molar-refractivity contribution is -0.139. The number of hydrogen-bond acceptors (Lipinski definition) is 2. The van der Waals surface area contributed by atoms with Crippen LogP contribution in [0.5, 0.6) is 0 Å². The molecule has 0 heterocycles. The average Bonchev–Trinajstić information content (AvgIpc) is 2.64. The molecule has 7 heteroatoms. The molecule has 0 aliphatic carbocycles. The Bertz CT molecular complexity index is 834. The highest BCUT2D eigenvalue weighted by atomic mass is 19.4. The molecule has 1 N–H and O–H groups in total. The third-order valence-corrected chi connectivity index (χ3v) is 4.33. The zero-order chi connectivity index (χ0) is 20.7. The monoisotopic (exact) mass is 393 g/mol. The van der Waals surface area contributed by atoms with E-state index < -0.39 is 23.6 Å². The minimum absolute atomic E-state index is 0.0679. The zero-order valence-electron chi connectivity index (χ0n) is 15.5. The van der Waals surface area contributed by atoms with Gasteiger partial charge in [0.05, 0.1) is 12.0 Å². The number of halogens is 3. The van der Waals surface area contributed by atoms with E-state index in [1.54, 1.807) is 24.3 Å². The normalized spacial score (nSPS) is 11.3. The number of nitrogens with zero attached hydrogens (tertiary/aromatic N) is 1. The molecule has 0 bridgehead atoms. The molecule has 0 aromatic heterocycles. The van der Waals surface area contributed by atoms with Crippen LogP contribution in [-0.4, -0.2) is 28.4 Å². The van der Waals surface area contributed by atoms with Gasteiger partial charge < -0.3 is 10.0 Å². The Hall–Kier alpha value is -2.83. The lowest BCUT2D eigenvalue weighted by Gasteiger charge is -2.25. The van der Waals surface area contributed by atoms with Crippen molar-refractivity contribution in [2.24, 2.45) is 0 Å². The number of aliphatic carboxylic acids is 1. The van der Waals surface area contributed by atoms with Crippen LogP contribution in [-0.2, 0) is 23.9 Å². The van der Waals surface area contributed by atoms with Gasteiger partial charge >= 0.3 is 12.1 Å². The van der Waals surface area contributed by atoms with E-state index in [0.29, 0.717) is 12.0 Å². The van der Waals surface area contributed by atoms with Crippen LogP contribution in [0.1, 0.15) is 46.8 Å². The number of benzene rings is 2. The molecule has 4 nitrogen and oxygen atoms in total. The fourth-order valence-corrected chi connectivity index (χ4v) is 3.01. The van der Waals surface area contributed by atoms with Gasteiger partial charge in [-0.3, -0.25) is 9.59 Å². The molecule has 2 aromatic rings. The molecular weight excluding hydrogens is 371 g/mol. The van der Waals surface area contributed by atoms with Gasteiger partial charge in [-0.2, -0.15) is 13.2 Å². The molecule has 2 rings (SSSR count). The summed E-state index contributed by atoms with van der Waals surface area (Å²) in [6.45, 7) is 1.46. The Morgan fingerprint density at radius 3 is 2.21 bits per heavy atom. The molecule has 28 heavy (non-hydrogen) atoms. The zero-order valence-corrected chi connectivity index (χ0v) is 15.5. The Morgan fingerprint density at radius 2 is 1.61 bits per heavy atom. The van der Waals surface area contributed by atoms with Crippen LogP contribution in [0.15, 0.2) is 48.5 Å². The highest BCUT2D eigenvalue weighted by Gasteiger charge is 2.33. The molecular formula is C21H22F3NO3. The van der Waals surface area contributed by atoms with Gasteiger partial charge in [-0.1, -0.05) is 49.7 Å². The first-order valence-electron chi connectivity index (χ1n) is 8.98. The Morgan fingerprint density at radius 1 is 1.00 bits per heavy atom. The Balaban J connectivity index is 2.39. The summed E-state index contributed by atoms with van der Waals surface area (Å²) < 4.78 is 39.9. The third kappa shape index (κ3) is 5.58. The van der Waals surface area contributed by atoms with Crippen LogP contribution in [0.25, 0.3) is 0 Å². The molecule has 0 fully saturated rings. The van der Waals surface area contributed by atoms with E-state index in [1.807, 2.05) is 6.92 Å². The number of rotatable bonds is 8. The van der Waals surface area contributed by atoms with Crippen LogP contribution in [0.2, 0.25) is 0 Å². The minimum Gasteiger partial charge on any atom is -0.481 e. The van der Waals surface area contributed by atoms with Crippen molar-refractivity contribution in [1.29, 1.82) is 0 Å². The van der Waals surface area contributed by atoms with Crippen LogP contribution >= 0.6 is 0 Å². The maximum Gasteiger partial charge on any atom is 0.416 e. The fraction of sp³-hybridized carbons (Fsp3) is 0.333. The highest BCUT2D eigenvalue weighted by molar-refractivity contribution is 5.95. The van der Waals surface area contributed by atoms with Crippen molar-refractivity contribution in [3.63, 3.8) is 0 Å². The van der Waals surface area contributed by atoms with E-state index in [0.717, 1.165) is 18.1 Å². The average molecular weight is 393 g/mol. The van der Waals surface area contributed by atoms with Crippen molar-refractivity contribution in [2.75, 3.05) is 6.54 Å². The third-order valence-electron chi connectivity index (χ3n) is 4.33.